The van der Waals surface area contributed by atoms with E-state index in [0.29, 0.717) is 16.4 Å². The predicted octanol–water partition coefficient (Wildman–Crippen LogP) is 2.21. The minimum absolute atomic E-state index is 0.0827. The second-order valence-corrected chi connectivity index (χ2v) is 4.47. The van der Waals surface area contributed by atoms with Gasteiger partial charge in [0.25, 0.3) is 0 Å². The highest BCUT2D eigenvalue weighted by Gasteiger charge is 2.23. The van der Waals surface area contributed by atoms with Crippen molar-refractivity contribution in [2.45, 2.75) is 13.3 Å². The van der Waals surface area contributed by atoms with Gasteiger partial charge in [-0.2, -0.15) is 5.26 Å². The number of Topliss-reactive ketones (excluding diaryl/α,β-unsaturated/α-hetero) is 1. The second-order valence-electron chi connectivity index (χ2n) is 3.44. The van der Waals surface area contributed by atoms with E-state index >= 15 is 0 Å². The molecule has 0 radical (unpaired) electrons. The van der Waals surface area contributed by atoms with Gasteiger partial charge in [0, 0.05) is 19.7 Å². The Morgan fingerprint density at radius 1 is 1.71 bits per heavy atom. The summed E-state index contributed by atoms with van der Waals surface area (Å²) in [6.45, 7) is 1.77. The van der Waals surface area contributed by atoms with E-state index in [4.69, 9.17) is 5.26 Å². The van der Waals surface area contributed by atoms with Crippen LogP contribution in [0.4, 0.5) is 10.7 Å². The van der Waals surface area contributed by atoms with E-state index in [1.807, 2.05) is 6.07 Å². The lowest BCUT2D eigenvalue weighted by Crippen LogP contribution is -2.17. The van der Waals surface area contributed by atoms with Crippen LogP contribution in [0.2, 0.25) is 0 Å². The molecule has 0 aromatic carbocycles. The maximum absolute atomic E-state index is 11.2. The molecule has 0 atom stereocenters. The SMILES string of the molecule is CC(=O)c1cc([N+](=O)[O-])c(N(C)CCC#N)s1. The van der Waals surface area contributed by atoms with E-state index in [1.165, 1.54) is 13.0 Å². The molecule has 0 unspecified atom stereocenters. The Morgan fingerprint density at radius 2 is 2.35 bits per heavy atom. The van der Waals surface area contributed by atoms with Crippen molar-refractivity contribution < 1.29 is 9.72 Å². The van der Waals surface area contributed by atoms with Crippen LogP contribution in [-0.2, 0) is 0 Å². The summed E-state index contributed by atoms with van der Waals surface area (Å²) in [5.74, 6) is -0.196. The number of carbonyl (C=O) groups is 1. The van der Waals surface area contributed by atoms with Gasteiger partial charge in [-0.25, -0.2) is 0 Å². The van der Waals surface area contributed by atoms with Crippen molar-refractivity contribution in [3.05, 3.63) is 21.1 Å². The van der Waals surface area contributed by atoms with Crippen LogP contribution in [0.3, 0.4) is 0 Å². The molecule has 6 nitrogen and oxygen atoms in total. The molecule has 0 saturated heterocycles. The van der Waals surface area contributed by atoms with E-state index in [2.05, 4.69) is 0 Å². The van der Waals surface area contributed by atoms with Crippen LogP contribution in [0.15, 0.2) is 6.07 Å². The summed E-state index contributed by atoms with van der Waals surface area (Å²) in [4.78, 5) is 23.5. The lowest BCUT2D eigenvalue weighted by atomic mass is 10.3. The average molecular weight is 253 g/mol. The zero-order valence-electron chi connectivity index (χ0n) is 9.47. The van der Waals surface area contributed by atoms with Gasteiger partial charge in [-0.3, -0.25) is 14.9 Å². The Morgan fingerprint density at radius 3 is 2.82 bits per heavy atom. The first kappa shape index (κ1) is 13.1. The van der Waals surface area contributed by atoms with E-state index < -0.39 is 4.92 Å². The van der Waals surface area contributed by atoms with Crippen LogP contribution >= 0.6 is 11.3 Å². The van der Waals surface area contributed by atoms with E-state index in [0.717, 1.165) is 11.3 Å². The Bertz CT molecular complexity index is 489. The van der Waals surface area contributed by atoms with Crippen LogP contribution in [0.25, 0.3) is 0 Å². The van der Waals surface area contributed by atoms with Gasteiger partial charge < -0.3 is 4.90 Å². The molecule has 17 heavy (non-hydrogen) atoms. The zero-order chi connectivity index (χ0) is 13.0. The third-order valence-corrected chi connectivity index (χ3v) is 3.48. The predicted molar refractivity (Wildman–Crippen MR) is 64.5 cm³/mol. The molecule has 0 bridgehead atoms. The van der Waals surface area contributed by atoms with Gasteiger partial charge in [0.15, 0.2) is 10.8 Å². The molecule has 0 aliphatic rings. The van der Waals surface area contributed by atoms with Crippen molar-refractivity contribution in [2.75, 3.05) is 18.5 Å². The number of hydrogen-bond donors (Lipinski definition) is 0. The van der Waals surface area contributed by atoms with Crippen LogP contribution in [0.5, 0.6) is 0 Å². The van der Waals surface area contributed by atoms with Crippen molar-refractivity contribution in [1.29, 1.82) is 5.26 Å². The number of nitrogens with zero attached hydrogens (tertiary/aromatic N) is 3. The molecule has 1 aromatic rings. The van der Waals surface area contributed by atoms with E-state index in [1.54, 1.807) is 11.9 Å². The highest BCUT2D eigenvalue weighted by Crippen LogP contribution is 2.37. The molecule has 0 fully saturated rings. The Hall–Kier alpha value is -1.94. The molecule has 90 valence electrons. The number of carbonyl (C=O) groups excluding carboxylic acids is 1. The maximum Gasteiger partial charge on any atom is 0.304 e. The van der Waals surface area contributed by atoms with Crippen molar-refractivity contribution in [3.63, 3.8) is 0 Å². The molecular formula is C10H11N3O3S. The van der Waals surface area contributed by atoms with Gasteiger partial charge in [0.05, 0.1) is 22.3 Å². The molecular weight excluding hydrogens is 242 g/mol. The maximum atomic E-state index is 11.2. The van der Waals surface area contributed by atoms with Gasteiger partial charge in [-0.05, 0) is 6.92 Å². The first-order valence-corrected chi connectivity index (χ1v) is 5.66. The molecule has 0 saturated carbocycles. The largest absolute Gasteiger partial charge is 0.360 e. The third kappa shape index (κ3) is 3.01. The molecule has 0 spiro atoms. The number of nitro groups is 1. The Kier molecular flexibility index (Phi) is 4.17. The fraction of sp³-hybridized carbons (Fsp3) is 0.400. The van der Waals surface area contributed by atoms with E-state index in [-0.39, 0.29) is 17.9 Å². The standard InChI is InChI=1S/C10H11N3O3S/c1-7(14)9-6-8(13(15)16)10(17-9)12(2)5-3-4-11/h6H,3,5H2,1-2H3. The van der Waals surface area contributed by atoms with Crippen LogP contribution in [0.1, 0.15) is 23.0 Å². The van der Waals surface area contributed by atoms with Gasteiger partial charge >= 0.3 is 5.69 Å². The number of rotatable bonds is 5. The van der Waals surface area contributed by atoms with Gasteiger partial charge in [0.1, 0.15) is 0 Å². The summed E-state index contributed by atoms with van der Waals surface area (Å²) >= 11 is 1.08. The highest BCUT2D eigenvalue weighted by atomic mass is 32.1. The van der Waals surface area contributed by atoms with Gasteiger partial charge in [-0.15, -0.1) is 11.3 Å². The fourth-order valence-electron chi connectivity index (χ4n) is 1.27. The Balaban J connectivity index is 3.08. The van der Waals surface area contributed by atoms with Crippen molar-refractivity contribution >= 4 is 27.8 Å². The molecule has 7 heteroatoms. The lowest BCUT2D eigenvalue weighted by Gasteiger charge is -2.13. The molecule has 0 aliphatic carbocycles. The number of hydrogen-bond acceptors (Lipinski definition) is 6. The summed E-state index contributed by atoms with van der Waals surface area (Å²) in [6, 6.07) is 3.26. The van der Waals surface area contributed by atoms with Crippen LogP contribution in [0, 0.1) is 21.4 Å². The monoisotopic (exact) mass is 253 g/mol. The minimum Gasteiger partial charge on any atom is -0.360 e. The van der Waals surface area contributed by atoms with Crippen molar-refractivity contribution in [3.8, 4) is 6.07 Å². The first-order chi connectivity index (χ1) is 7.97. The van der Waals surface area contributed by atoms with E-state index in [9.17, 15) is 14.9 Å². The van der Waals surface area contributed by atoms with Crippen LogP contribution in [-0.4, -0.2) is 24.3 Å². The number of anilines is 1. The summed E-state index contributed by atoms with van der Waals surface area (Å²) in [5.41, 5.74) is -0.0827. The third-order valence-electron chi connectivity index (χ3n) is 2.14. The topological polar surface area (TPSA) is 87.2 Å². The number of nitriles is 1. The van der Waals surface area contributed by atoms with Crippen LogP contribution < -0.4 is 4.90 Å². The molecule has 1 heterocycles. The summed E-state index contributed by atoms with van der Waals surface area (Å²) in [5, 5.41) is 19.7. The Labute approximate surface area is 102 Å². The summed E-state index contributed by atoms with van der Waals surface area (Å²) in [7, 11) is 1.67. The molecule has 0 amide bonds. The zero-order valence-corrected chi connectivity index (χ0v) is 10.3. The van der Waals surface area contributed by atoms with Gasteiger partial charge in [0.2, 0.25) is 0 Å². The smallest absolute Gasteiger partial charge is 0.304 e. The fourth-order valence-corrected chi connectivity index (χ4v) is 2.28. The summed E-state index contributed by atoms with van der Waals surface area (Å²) in [6.07, 6.45) is 0.279. The summed E-state index contributed by atoms with van der Waals surface area (Å²) < 4.78 is 0. The minimum atomic E-state index is -0.513. The molecule has 1 aromatic heterocycles. The average Bonchev–Trinajstić information content (AvgIpc) is 2.70. The van der Waals surface area contributed by atoms with Crippen molar-refractivity contribution in [2.24, 2.45) is 0 Å². The highest BCUT2D eigenvalue weighted by molar-refractivity contribution is 7.18. The lowest BCUT2D eigenvalue weighted by molar-refractivity contribution is -0.383. The first-order valence-electron chi connectivity index (χ1n) is 4.84. The molecule has 0 N–H and O–H groups in total. The second kappa shape index (κ2) is 5.41. The molecule has 1 rings (SSSR count). The normalized spacial score (nSPS) is 9.71. The van der Waals surface area contributed by atoms with Crippen molar-refractivity contribution in [1.82, 2.24) is 0 Å². The van der Waals surface area contributed by atoms with Gasteiger partial charge in [-0.1, -0.05) is 0 Å². The number of thiophene rings is 1. The number of ketones is 1. The molecule has 0 aliphatic heterocycles. The quantitative estimate of drug-likeness (QED) is 0.456.